The molecule has 298 valence electrons. The van der Waals surface area contributed by atoms with Crippen molar-refractivity contribution in [2.75, 3.05) is 0 Å². The van der Waals surface area contributed by atoms with Crippen molar-refractivity contribution in [3.05, 3.63) is 183 Å². The van der Waals surface area contributed by atoms with Gasteiger partial charge in [0.15, 0.2) is 23.1 Å². The van der Waals surface area contributed by atoms with Crippen molar-refractivity contribution in [1.29, 1.82) is 0 Å². The molecule has 8 aromatic carbocycles. The number of para-hydroxylation sites is 2. The minimum Gasteiger partial charge on any atom is -0.456 e. The number of oxazole rings is 1. The molecule has 0 N–H and O–H groups in total. The molecule has 0 unspecified atom stereocenters. The molecule has 0 bridgehead atoms. The summed E-state index contributed by atoms with van der Waals surface area (Å²) in [5.41, 5.74) is 13.6. The van der Waals surface area contributed by atoms with Gasteiger partial charge in [0.1, 0.15) is 16.7 Å². The molecule has 0 aliphatic carbocycles. The van der Waals surface area contributed by atoms with Crippen LogP contribution in [0.3, 0.4) is 0 Å². The van der Waals surface area contributed by atoms with Crippen molar-refractivity contribution in [2.45, 2.75) is 0 Å². The maximum absolute atomic E-state index is 6.48. The Labute approximate surface area is 363 Å². The van der Waals surface area contributed by atoms with Gasteiger partial charge in [-0.15, -0.1) is 0 Å². The average Bonchev–Trinajstić information content (AvgIpc) is 3.96. The third-order valence-electron chi connectivity index (χ3n) is 11.8. The number of hydrogen-bond donors (Lipinski definition) is 0. The molecular formula is C54H30N8O2. The summed E-state index contributed by atoms with van der Waals surface area (Å²) >= 11 is 0. The second kappa shape index (κ2) is 14.3. The Morgan fingerprint density at radius 3 is 1.62 bits per heavy atom. The van der Waals surface area contributed by atoms with Crippen LogP contribution in [0.15, 0.2) is 191 Å². The van der Waals surface area contributed by atoms with Crippen LogP contribution in [0.25, 0.3) is 134 Å². The van der Waals surface area contributed by atoms with E-state index in [9.17, 15) is 0 Å². The molecule has 0 atom stereocenters. The second-order valence-corrected chi connectivity index (χ2v) is 15.5. The SMILES string of the molecule is c1ccc(-c2nc3cc4c(cc3o2)oc2cccc(-c3ccc(-c5ccc(-c6nc(-c7cccc8nccnc78)nc(-c7cccc8nccnc78)n6)cc5)c5ccccc35)c24)cc1. The van der Waals surface area contributed by atoms with Crippen LogP contribution in [0.2, 0.25) is 0 Å². The highest BCUT2D eigenvalue weighted by Gasteiger charge is 2.20. The van der Waals surface area contributed by atoms with Crippen molar-refractivity contribution >= 4 is 65.9 Å². The molecule has 0 radical (unpaired) electrons. The summed E-state index contributed by atoms with van der Waals surface area (Å²) < 4.78 is 12.7. The van der Waals surface area contributed by atoms with Crippen molar-refractivity contribution in [1.82, 2.24) is 39.9 Å². The van der Waals surface area contributed by atoms with Crippen LogP contribution in [-0.4, -0.2) is 39.9 Å². The van der Waals surface area contributed by atoms with E-state index >= 15 is 0 Å². The molecule has 0 saturated carbocycles. The highest BCUT2D eigenvalue weighted by Crippen LogP contribution is 2.43. The summed E-state index contributed by atoms with van der Waals surface area (Å²) in [5, 5.41) is 4.28. The molecule has 0 aliphatic heterocycles. The van der Waals surface area contributed by atoms with Gasteiger partial charge in [0.25, 0.3) is 0 Å². The van der Waals surface area contributed by atoms with Crippen molar-refractivity contribution < 1.29 is 8.83 Å². The summed E-state index contributed by atoms with van der Waals surface area (Å²) in [6.45, 7) is 0. The fraction of sp³-hybridized carbons (Fsp3) is 0. The van der Waals surface area contributed by atoms with E-state index in [1.165, 1.54) is 0 Å². The first-order valence-corrected chi connectivity index (χ1v) is 20.8. The van der Waals surface area contributed by atoms with Crippen LogP contribution >= 0.6 is 0 Å². The van der Waals surface area contributed by atoms with Crippen molar-refractivity contribution in [3.8, 4) is 67.9 Å². The third-order valence-corrected chi connectivity index (χ3v) is 11.8. The monoisotopic (exact) mass is 822 g/mol. The van der Waals surface area contributed by atoms with Crippen LogP contribution in [0, 0.1) is 0 Å². The zero-order valence-electron chi connectivity index (χ0n) is 33.7. The molecule has 13 rings (SSSR count). The maximum Gasteiger partial charge on any atom is 0.227 e. The normalized spacial score (nSPS) is 11.8. The Kier molecular flexibility index (Phi) is 7.97. The molecule has 5 heterocycles. The van der Waals surface area contributed by atoms with E-state index in [0.29, 0.717) is 40.0 Å². The predicted octanol–water partition coefficient (Wildman–Crippen LogP) is 13.0. The smallest absolute Gasteiger partial charge is 0.227 e. The van der Waals surface area contributed by atoms with E-state index < -0.39 is 0 Å². The Morgan fingerprint density at radius 2 is 0.906 bits per heavy atom. The molecule has 0 aliphatic rings. The van der Waals surface area contributed by atoms with Gasteiger partial charge in [-0.05, 0) is 81.6 Å². The summed E-state index contributed by atoms with van der Waals surface area (Å²) in [5.74, 6) is 2.08. The van der Waals surface area contributed by atoms with Crippen LogP contribution in [-0.2, 0) is 0 Å². The molecule has 10 heteroatoms. The largest absolute Gasteiger partial charge is 0.456 e. The van der Waals surface area contributed by atoms with Gasteiger partial charge < -0.3 is 8.83 Å². The summed E-state index contributed by atoms with van der Waals surface area (Å²) in [7, 11) is 0. The topological polar surface area (TPSA) is 129 Å². The molecule has 64 heavy (non-hydrogen) atoms. The molecular weight excluding hydrogens is 793 g/mol. The van der Waals surface area contributed by atoms with Gasteiger partial charge in [0, 0.05) is 63.9 Å². The van der Waals surface area contributed by atoms with Gasteiger partial charge >= 0.3 is 0 Å². The fourth-order valence-corrected chi connectivity index (χ4v) is 8.85. The average molecular weight is 823 g/mol. The minimum atomic E-state index is 0.487. The number of furan rings is 1. The van der Waals surface area contributed by atoms with Gasteiger partial charge in [0.05, 0.1) is 22.1 Å². The van der Waals surface area contributed by atoms with Gasteiger partial charge in [-0.25, -0.2) is 19.9 Å². The highest BCUT2D eigenvalue weighted by atomic mass is 16.4. The first kappa shape index (κ1) is 35.7. The second-order valence-electron chi connectivity index (χ2n) is 15.5. The van der Waals surface area contributed by atoms with Crippen LogP contribution in [0.4, 0.5) is 0 Å². The Morgan fingerprint density at radius 1 is 0.312 bits per heavy atom. The van der Waals surface area contributed by atoms with Gasteiger partial charge in [-0.1, -0.05) is 103 Å². The number of benzene rings is 8. The van der Waals surface area contributed by atoms with E-state index in [1.807, 2.05) is 78.9 Å². The van der Waals surface area contributed by atoms with E-state index in [2.05, 4.69) is 98.8 Å². The maximum atomic E-state index is 6.48. The van der Waals surface area contributed by atoms with Crippen LogP contribution in [0.1, 0.15) is 0 Å². The minimum absolute atomic E-state index is 0.487. The standard InChI is InChI=1S/C54H30N8O2/c1-2-9-33(10-3-1)54-59-44-29-41-46(30-47(44)64-54)63-45-18-8-13-38(48(41)45)37-24-23-34(35-11-4-5-12-36(35)37)31-19-21-32(22-20-31)51-60-52(39-14-6-16-42-49(39)57-27-25-55-42)62-53(61-51)40-15-7-17-43-50(40)58-28-26-56-43/h1-30H. The summed E-state index contributed by atoms with van der Waals surface area (Å²) in [4.78, 5) is 38.4. The number of nitrogens with zero attached hydrogens (tertiary/aromatic N) is 8. The Hall–Kier alpha value is -9.02. The fourth-order valence-electron chi connectivity index (χ4n) is 8.85. The summed E-state index contributed by atoms with van der Waals surface area (Å²) in [6.07, 6.45) is 6.73. The van der Waals surface area contributed by atoms with Gasteiger partial charge in [-0.2, -0.15) is 0 Å². The lowest BCUT2D eigenvalue weighted by Crippen LogP contribution is -2.02. The Balaban J connectivity index is 0.917. The third kappa shape index (κ3) is 5.81. The van der Waals surface area contributed by atoms with Crippen LogP contribution in [0.5, 0.6) is 0 Å². The van der Waals surface area contributed by atoms with Gasteiger partial charge in [-0.3, -0.25) is 19.9 Å². The molecule has 0 fully saturated rings. The first-order valence-electron chi connectivity index (χ1n) is 20.8. The van der Waals surface area contributed by atoms with E-state index in [4.69, 9.17) is 28.8 Å². The van der Waals surface area contributed by atoms with E-state index in [0.717, 1.165) is 93.8 Å². The number of aromatic nitrogens is 8. The lowest BCUT2D eigenvalue weighted by molar-refractivity contribution is 0.617. The lowest BCUT2D eigenvalue weighted by atomic mass is 9.90. The van der Waals surface area contributed by atoms with E-state index in [-0.39, 0.29) is 0 Å². The van der Waals surface area contributed by atoms with Gasteiger partial charge in [0.2, 0.25) is 5.89 Å². The zero-order valence-corrected chi connectivity index (χ0v) is 33.7. The zero-order chi connectivity index (χ0) is 42.1. The molecule has 0 spiro atoms. The summed E-state index contributed by atoms with van der Waals surface area (Å²) in [6, 6.07) is 53.3. The molecule has 0 amide bonds. The molecule has 0 saturated heterocycles. The Bertz CT molecular complexity index is 3870. The lowest BCUT2D eigenvalue weighted by Gasteiger charge is -2.14. The molecule has 10 nitrogen and oxygen atoms in total. The molecule has 5 aromatic heterocycles. The van der Waals surface area contributed by atoms with Crippen LogP contribution < -0.4 is 0 Å². The number of hydrogen-bond acceptors (Lipinski definition) is 10. The van der Waals surface area contributed by atoms with E-state index in [1.54, 1.807) is 24.8 Å². The number of rotatable bonds is 6. The predicted molar refractivity (Wildman–Crippen MR) is 251 cm³/mol. The van der Waals surface area contributed by atoms with Crippen molar-refractivity contribution in [2.24, 2.45) is 0 Å². The highest BCUT2D eigenvalue weighted by molar-refractivity contribution is 6.18. The van der Waals surface area contributed by atoms with Crippen molar-refractivity contribution in [3.63, 3.8) is 0 Å². The quantitative estimate of drug-likeness (QED) is 0.160. The molecule has 13 aromatic rings. The first-order chi connectivity index (χ1) is 31.7. The number of fused-ring (bicyclic) bond motifs is 7.